The third kappa shape index (κ3) is 4.86. The fraction of sp³-hybridized carbons (Fsp3) is 0.190. The molecule has 0 atom stereocenters. The van der Waals surface area contributed by atoms with Crippen LogP contribution in [0.25, 0.3) is 10.9 Å². The van der Waals surface area contributed by atoms with Crippen LogP contribution in [0.5, 0.6) is 5.75 Å². The standard InChI is InChI=1S/C21H21N3O2S/c1-14-5-4-6-18-19(11-15(2)23-21(14)18)27-13-20(25)24-22-12-16-7-9-17(26-3)10-8-16/h4-12H,13H2,1-3H3,(H,24,25)/b22-12-. The molecule has 0 aliphatic rings. The van der Waals surface area contributed by atoms with Crippen molar-refractivity contribution >= 4 is 34.8 Å². The molecule has 27 heavy (non-hydrogen) atoms. The van der Waals surface area contributed by atoms with E-state index in [-0.39, 0.29) is 11.7 Å². The minimum Gasteiger partial charge on any atom is -0.497 e. The van der Waals surface area contributed by atoms with E-state index < -0.39 is 0 Å². The summed E-state index contributed by atoms with van der Waals surface area (Å²) in [6.07, 6.45) is 1.61. The van der Waals surface area contributed by atoms with Gasteiger partial charge in [-0.3, -0.25) is 9.78 Å². The molecule has 0 radical (unpaired) electrons. The average molecular weight is 379 g/mol. The number of aryl methyl sites for hydroxylation is 2. The first-order valence-corrected chi connectivity index (χ1v) is 9.51. The Bertz CT molecular complexity index is 985. The van der Waals surface area contributed by atoms with Gasteiger partial charge in [-0.2, -0.15) is 5.10 Å². The number of pyridine rings is 1. The number of carbonyl (C=O) groups is 1. The Hall–Kier alpha value is -2.86. The molecule has 0 unspecified atom stereocenters. The Balaban J connectivity index is 1.61. The van der Waals surface area contributed by atoms with Gasteiger partial charge in [0.1, 0.15) is 5.75 Å². The summed E-state index contributed by atoms with van der Waals surface area (Å²) in [7, 11) is 1.62. The SMILES string of the molecule is COc1ccc(/C=N\NC(=O)CSc2cc(C)nc3c(C)cccc23)cc1. The normalized spacial score (nSPS) is 11.1. The fourth-order valence-corrected chi connectivity index (χ4v) is 3.57. The van der Waals surface area contributed by atoms with Crippen LogP contribution in [-0.2, 0) is 4.79 Å². The van der Waals surface area contributed by atoms with E-state index in [9.17, 15) is 4.79 Å². The van der Waals surface area contributed by atoms with Crippen LogP contribution in [0.15, 0.2) is 58.5 Å². The number of para-hydroxylation sites is 1. The summed E-state index contributed by atoms with van der Waals surface area (Å²) in [6.45, 7) is 4.01. The number of carbonyl (C=O) groups excluding carboxylic acids is 1. The van der Waals surface area contributed by atoms with E-state index in [0.717, 1.165) is 38.4 Å². The molecular weight excluding hydrogens is 358 g/mol. The van der Waals surface area contributed by atoms with Crippen LogP contribution in [0, 0.1) is 13.8 Å². The van der Waals surface area contributed by atoms with Gasteiger partial charge in [-0.1, -0.05) is 18.2 Å². The van der Waals surface area contributed by atoms with Crippen molar-refractivity contribution in [3.63, 3.8) is 0 Å². The van der Waals surface area contributed by atoms with Crippen LogP contribution < -0.4 is 10.2 Å². The molecule has 138 valence electrons. The first-order valence-electron chi connectivity index (χ1n) is 8.52. The Morgan fingerprint density at radius 3 is 2.74 bits per heavy atom. The fourth-order valence-electron chi connectivity index (χ4n) is 2.65. The summed E-state index contributed by atoms with van der Waals surface area (Å²) < 4.78 is 5.11. The van der Waals surface area contributed by atoms with Crippen molar-refractivity contribution in [2.24, 2.45) is 5.10 Å². The number of amides is 1. The molecule has 0 saturated heterocycles. The van der Waals surface area contributed by atoms with Crippen molar-refractivity contribution in [3.05, 3.63) is 65.4 Å². The molecule has 1 aromatic heterocycles. The second-order valence-electron chi connectivity index (χ2n) is 6.09. The van der Waals surface area contributed by atoms with Crippen molar-refractivity contribution in [1.29, 1.82) is 0 Å². The van der Waals surface area contributed by atoms with Crippen LogP contribution >= 0.6 is 11.8 Å². The predicted molar refractivity (Wildman–Crippen MR) is 111 cm³/mol. The van der Waals surface area contributed by atoms with Gasteiger partial charge in [0.25, 0.3) is 0 Å². The van der Waals surface area contributed by atoms with E-state index in [1.807, 2.05) is 62.4 Å². The van der Waals surface area contributed by atoms with Crippen molar-refractivity contribution in [1.82, 2.24) is 10.4 Å². The number of aromatic nitrogens is 1. The third-order valence-electron chi connectivity index (χ3n) is 4.01. The molecule has 0 saturated carbocycles. The zero-order valence-electron chi connectivity index (χ0n) is 15.5. The van der Waals surface area contributed by atoms with Crippen molar-refractivity contribution < 1.29 is 9.53 Å². The maximum atomic E-state index is 12.1. The molecule has 0 aliphatic carbocycles. The summed E-state index contributed by atoms with van der Waals surface area (Å²) in [5.74, 6) is 0.912. The van der Waals surface area contributed by atoms with Crippen LogP contribution in [0.3, 0.4) is 0 Å². The molecule has 2 aromatic carbocycles. The number of hydrogen-bond donors (Lipinski definition) is 1. The van der Waals surface area contributed by atoms with Crippen molar-refractivity contribution in [3.8, 4) is 5.75 Å². The van der Waals surface area contributed by atoms with Crippen LogP contribution in [-0.4, -0.2) is 30.0 Å². The van der Waals surface area contributed by atoms with Gasteiger partial charge < -0.3 is 4.74 Å². The van der Waals surface area contributed by atoms with Gasteiger partial charge in [-0.15, -0.1) is 11.8 Å². The summed E-state index contributed by atoms with van der Waals surface area (Å²) in [6, 6.07) is 15.5. The molecule has 0 fully saturated rings. The number of nitrogens with zero attached hydrogens (tertiary/aromatic N) is 2. The van der Waals surface area contributed by atoms with E-state index >= 15 is 0 Å². The monoisotopic (exact) mass is 379 g/mol. The van der Waals surface area contributed by atoms with Crippen LogP contribution in [0.2, 0.25) is 0 Å². The van der Waals surface area contributed by atoms with E-state index in [2.05, 4.69) is 15.5 Å². The Kier molecular flexibility index (Phi) is 6.08. The van der Waals surface area contributed by atoms with Crippen LogP contribution in [0.4, 0.5) is 0 Å². The van der Waals surface area contributed by atoms with Crippen molar-refractivity contribution in [2.45, 2.75) is 18.7 Å². The molecular formula is C21H21N3O2S. The highest BCUT2D eigenvalue weighted by atomic mass is 32.2. The maximum Gasteiger partial charge on any atom is 0.250 e. The number of methoxy groups -OCH3 is 1. The second-order valence-corrected chi connectivity index (χ2v) is 7.11. The molecule has 1 heterocycles. The lowest BCUT2D eigenvalue weighted by molar-refractivity contribution is -0.118. The lowest BCUT2D eigenvalue weighted by Crippen LogP contribution is -2.19. The number of ether oxygens (including phenoxy) is 1. The van der Waals surface area contributed by atoms with Gasteiger partial charge in [0.15, 0.2) is 0 Å². The summed E-state index contributed by atoms with van der Waals surface area (Å²) in [4.78, 5) is 17.8. The molecule has 1 amide bonds. The van der Waals surface area contributed by atoms with Gasteiger partial charge in [-0.05, 0) is 55.3 Å². The number of hydrazone groups is 1. The number of rotatable bonds is 6. The predicted octanol–water partition coefficient (Wildman–Crippen LogP) is 4.10. The highest BCUT2D eigenvalue weighted by molar-refractivity contribution is 8.00. The molecule has 3 aromatic rings. The third-order valence-corrected chi connectivity index (χ3v) is 5.06. The van der Waals surface area contributed by atoms with Gasteiger partial charge in [0.05, 0.1) is 24.6 Å². The first-order chi connectivity index (χ1) is 13.1. The lowest BCUT2D eigenvalue weighted by Gasteiger charge is -2.09. The largest absolute Gasteiger partial charge is 0.497 e. The molecule has 0 aliphatic heterocycles. The molecule has 5 nitrogen and oxygen atoms in total. The van der Waals surface area contributed by atoms with Gasteiger partial charge in [0, 0.05) is 16.0 Å². The van der Waals surface area contributed by atoms with Gasteiger partial charge in [-0.25, -0.2) is 5.43 Å². The van der Waals surface area contributed by atoms with E-state index in [1.54, 1.807) is 13.3 Å². The van der Waals surface area contributed by atoms with Crippen molar-refractivity contribution in [2.75, 3.05) is 12.9 Å². The zero-order chi connectivity index (χ0) is 19.2. The van der Waals surface area contributed by atoms with Gasteiger partial charge >= 0.3 is 0 Å². The van der Waals surface area contributed by atoms with E-state index in [0.29, 0.717) is 0 Å². The quantitative estimate of drug-likeness (QED) is 0.398. The second kappa shape index (κ2) is 8.68. The minimum absolute atomic E-state index is 0.153. The maximum absolute atomic E-state index is 12.1. The molecule has 0 bridgehead atoms. The summed E-state index contributed by atoms with van der Waals surface area (Å²) in [5.41, 5.74) is 6.51. The smallest absolute Gasteiger partial charge is 0.250 e. The Morgan fingerprint density at radius 1 is 1.22 bits per heavy atom. The highest BCUT2D eigenvalue weighted by Crippen LogP contribution is 2.29. The topological polar surface area (TPSA) is 63.6 Å². The number of thioether (sulfide) groups is 1. The van der Waals surface area contributed by atoms with E-state index in [4.69, 9.17) is 4.74 Å². The zero-order valence-corrected chi connectivity index (χ0v) is 16.3. The summed E-state index contributed by atoms with van der Waals surface area (Å²) in [5, 5.41) is 5.08. The highest BCUT2D eigenvalue weighted by Gasteiger charge is 2.09. The van der Waals surface area contributed by atoms with Crippen LogP contribution in [0.1, 0.15) is 16.8 Å². The number of nitrogens with one attached hydrogen (secondary N) is 1. The Morgan fingerprint density at radius 2 is 2.00 bits per heavy atom. The molecule has 0 spiro atoms. The lowest BCUT2D eigenvalue weighted by atomic mass is 10.1. The minimum atomic E-state index is -0.153. The molecule has 6 heteroatoms. The van der Waals surface area contributed by atoms with E-state index in [1.165, 1.54) is 11.8 Å². The number of fused-ring (bicyclic) bond motifs is 1. The van der Waals surface area contributed by atoms with Gasteiger partial charge in [0.2, 0.25) is 5.91 Å². The first kappa shape index (κ1) is 18.9. The Labute approximate surface area is 162 Å². The summed E-state index contributed by atoms with van der Waals surface area (Å²) >= 11 is 1.49. The molecule has 1 N–H and O–H groups in total. The average Bonchev–Trinajstić information content (AvgIpc) is 2.67. The molecule has 3 rings (SSSR count). The number of hydrogen-bond acceptors (Lipinski definition) is 5. The number of benzene rings is 2.